The number of ether oxygens (including phenoxy) is 1. The highest BCUT2D eigenvalue weighted by Crippen LogP contribution is 2.32. The number of amides is 2. The summed E-state index contributed by atoms with van der Waals surface area (Å²) in [6.45, 7) is 4.64. The third kappa shape index (κ3) is 6.51. The molecule has 0 bridgehead atoms. The quantitative estimate of drug-likeness (QED) is 0.249. The van der Waals surface area contributed by atoms with E-state index in [2.05, 4.69) is 25.6 Å². The number of fused-ring (bicyclic) bond motifs is 1. The van der Waals surface area contributed by atoms with E-state index in [-0.39, 0.29) is 29.7 Å². The number of carbonyl (C=O) groups is 2. The third-order valence-corrected chi connectivity index (χ3v) is 8.61. The van der Waals surface area contributed by atoms with Crippen molar-refractivity contribution in [3.8, 4) is 17.0 Å². The minimum atomic E-state index is -1.10. The van der Waals surface area contributed by atoms with E-state index in [9.17, 15) is 19.1 Å². The summed E-state index contributed by atoms with van der Waals surface area (Å²) in [5, 5.41) is 16.6. The smallest absolute Gasteiger partial charge is 0.254 e. The predicted octanol–water partition coefficient (Wildman–Crippen LogP) is 3.06. The number of hydrogen-bond donors (Lipinski definition) is 3. The number of β-amino-alcohol motifs (C(OH)–C–C–N with tert-alkyl or cyclic N) is 1. The van der Waals surface area contributed by atoms with Gasteiger partial charge >= 0.3 is 0 Å². The highest BCUT2D eigenvalue weighted by molar-refractivity contribution is 5.96. The Kier molecular flexibility index (Phi) is 9.41. The van der Waals surface area contributed by atoms with Crippen LogP contribution in [0.4, 0.5) is 20.3 Å². The van der Waals surface area contributed by atoms with Crippen molar-refractivity contribution in [2.24, 2.45) is 10.9 Å². The Labute approximate surface area is 270 Å². The third-order valence-electron chi connectivity index (χ3n) is 8.61. The van der Waals surface area contributed by atoms with Gasteiger partial charge in [-0.05, 0) is 55.8 Å². The van der Waals surface area contributed by atoms with E-state index in [1.807, 2.05) is 13.0 Å². The largest absolute Gasteiger partial charge is 0.485 e. The van der Waals surface area contributed by atoms with Crippen molar-refractivity contribution in [2.45, 2.75) is 19.4 Å². The van der Waals surface area contributed by atoms with Gasteiger partial charge in [-0.3, -0.25) is 19.0 Å². The zero-order valence-electron chi connectivity index (χ0n) is 26.1. The molecule has 2 aliphatic heterocycles. The van der Waals surface area contributed by atoms with E-state index in [0.717, 1.165) is 5.56 Å². The molecule has 12 nitrogen and oxygen atoms in total. The van der Waals surface area contributed by atoms with Gasteiger partial charge < -0.3 is 30.3 Å². The monoisotopic (exact) mass is 646 g/mol. The molecule has 6 rings (SSSR count). The van der Waals surface area contributed by atoms with Gasteiger partial charge in [0.1, 0.15) is 6.61 Å². The van der Waals surface area contributed by atoms with Gasteiger partial charge in [0.05, 0.1) is 23.9 Å². The molecule has 4 aromatic rings. The topological polar surface area (TPSA) is 137 Å². The molecule has 14 heteroatoms. The van der Waals surface area contributed by atoms with Gasteiger partial charge in [0.15, 0.2) is 23.0 Å². The van der Waals surface area contributed by atoms with Crippen LogP contribution in [-0.4, -0.2) is 106 Å². The molecule has 4 heterocycles. The molecule has 47 heavy (non-hydrogen) atoms. The number of aliphatic hydroxyl groups excluding tert-OH is 1. The summed E-state index contributed by atoms with van der Waals surface area (Å²) in [6, 6.07) is 8.14. The average Bonchev–Trinajstić information content (AvgIpc) is 3.51. The SMILES string of the molecule is C/N=C/COc1ccc(-c2cnc3c(Nc4ccc(C(=O)N5CCN(C(=O)[C@@H]6CCNC[C@H]6O)CC5)c(C)c4)nccn23)c(F)c1F. The number of aliphatic imine (C=N–C) groups is 1. The molecule has 0 aliphatic carbocycles. The summed E-state index contributed by atoms with van der Waals surface area (Å²) >= 11 is 0. The van der Waals surface area contributed by atoms with Crippen LogP contribution in [0.15, 0.2) is 53.9 Å². The van der Waals surface area contributed by atoms with Crippen molar-refractivity contribution in [3.05, 3.63) is 71.7 Å². The first-order valence-electron chi connectivity index (χ1n) is 15.4. The van der Waals surface area contributed by atoms with Crippen LogP contribution in [0.1, 0.15) is 22.3 Å². The predicted molar refractivity (Wildman–Crippen MR) is 172 cm³/mol. The first-order valence-corrected chi connectivity index (χ1v) is 15.4. The van der Waals surface area contributed by atoms with Gasteiger partial charge in [-0.2, -0.15) is 4.39 Å². The highest BCUT2D eigenvalue weighted by atomic mass is 19.2. The second-order valence-corrected chi connectivity index (χ2v) is 11.5. The fourth-order valence-corrected chi connectivity index (χ4v) is 6.03. The minimum absolute atomic E-state index is 0.0106. The van der Waals surface area contributed by atoms with Gasteiger partial charge in [0.25, 0.3) is 5.91 Å². The maximum absolute atomic E-state index is 15.1. The Hall–Kier alpha value is -4.95. The minimum Gasteiger partial charge on any atom is -0.485 e. The number of piperidine rings is 1. The Morgan fingerprint density at radius 2 is 1.91 bits per heavy atom. The highest BCUT2D eigenvalue weighted by Gasteiger charge is 2.34. The number of halogens is 2. The van der Waals surface area contributed by atoms with E-state index in [1.165, 1.54) is 30.7 Å². The zero-order valence-corrected chi connectivity index (χ0v) is 26.1. The molecule has 246 valence electrons. The molecular weight excluding hydrogens is 610 g/mol. The van der Waals surface area contributed by atoms with Crippen LogP contribution in [0, 0.1) is 24.5 Å². The maximum atomic E-state index is 15.1. The second kappa shape index (κ2) is 13.8. The lowest BCUT2D eigenvalue weighted by molar-refractivity contribution is -0.141. The summed E-state index contributed by atoms with van der Waals surface area (Å²) in [4.78, 5) is 42.5. The van der Waals surface area contributed by atoms with E-state index in [0.29, 0.717) is 74.1 Å². The van der Waals surface area contributed by atoms with Gasteiger partial charge in [-0.25, -0.2) is 14.4 Å². The molecule has 2 aromatic carbocycles. The Bertz CT molecular complexity index is 1820. The molecule has 3 N–H and O–H groups in total. The molecular formula is C33H36F2N8O4. The number of aromatic nitrogens is 3. The number of imidazole rings is 1. The molecule has 2 atom stereocenters. The zero-order chi connectivity index (χ0) is 33.1. The standard InChI is InChI=1S/C33H36F2N8O4/c1-20-17-21(3-4-22(20)32(45)41-12-14-42(15-13-41)33(46)24-7-8-37-19-26(24)44)40-30-31-39-18-25(43(31)11-9-38-30)23-5-6-27(29(35)28(23)34)47-16-10-36-2/h3-6,9-11,17-18,24,26,37,44H,7-8,12-16,19H2,1-2H3,(H,38,40)/b36-10+/t24-,26-/m1/s1. The lowest BCUT2D eigenvalue weighted by atomic mass is 9.93. The lowest BCUT2D eigenvalue weighted by Crippen LogP contribution is -2.55. The van der Waals surface area contributed by atoms with E-state index in [4.69, 9.17) is 4.74 Å². The Morgan fingerprint density at radius 1 is 1.13 bits per heavy atom. The van der Waals surface area contributed by atoms with Crippen molar-refractivity contribution in [1.82, 2.24) is 29.5 Å². The number of anilines is 2. The summed E-state index contributed by atoms with van der Waals surface area (Å²) in [5.74, 6) is -2.57. The van der Waals surface area contributed by atoms with Gasteiger partial charge in [-0.1, -0.05) is 0 Å². The number of aliphatic hydroxyl groups is 1. The van der Waals surface area contributed by atoms with E-state index < -0.39 is 23.7 Å². The molecule has 0 saturated carbocycles. The molecule has 2 fully saturated rings. The number of rotatable bonds is 8. The van der Waals surface area contributed by atoms with Crippen LogP contribution < -0.4 is 15.4 Å². The Morgan fingerprint density at radius 3 is 2.66 bits per heavy atom. The summed E-state index contributed by atoms with van der Waals surface area (Å²) in [7, 11) is 1.56. The van der Waals surface area contributed by atoms with Crippen molar-refractivity contribution in [1.29, 1.82) is 0 Å². The molecule has 0 spiro atoms. The van der Waals surface area contributed by atoms with Crippen molar-refractivity contribution in [3.63, 3.8) is 0 Å². The summed E-state index contributed by atoms with van der Waals surface area (Å²) in [6.07, 6.45) is 5.93. The first kappa shape index (κ1) is 32.0. The molecule has 0 radical (unpaired) electrons. The fourth-order valence-electron chi connectivity index (χ4n) is 6.03. The number of nitrogens with one attached hydrogen (secondary N) is 2. The van der Waals surface area contributed by atoms with E-state index in [1.54, 1.807) is 39.6 Å². The molecule has 2 aromatic heterocycles. The normalized spacial score (nSPS) is 18.6. The molecule has 2 aliphatic rings. The number of hydrogen-bond acceptors (Lipinski definition) is 9. The van der Waals surface area contributed by atoms with Crippen molar-refractivity contribution >= 4 is 35.2 Å². The Balaban J connectivity index is 1.14. The lowest BCUT2D eigenvalue weighted by Gasteiger charge is -2.38. The van der Waals surface area contributed by atoms with Crippen LogP contribution in [0.5, 0.6) is 5.75 Å². The average molecular weight is 647 g/mol. The number of benzene rings is 2. The van der Waals surface area contributed by atoms with Crippen LogP contribution >= 0.6 is 0 Å². The molecule has 2 amide bonds. The number of carbonyl (C=O) groups excluding carboxylic acids is 2. The van der Waals surface area contributed by atoms with Crippen LogP contribution in [0.25, 0.3) is 16.9 Å². The second-order valence-electron chi connectivity index (χ2n) is 11.5. The summed E-state index contributed by atoms with van der Waals surface area (Å²) < 4.78 is 36.8. The summed E-state index contributed by atoms with van der Waals surface area (Å²) in [5.41, 5.74) is 2.69. The number of aryl methyl sites for hydroxylation is 1. The number of nitrogens with zero attached hydrogens (tertiary/aromatic N) is 6. The van der Waals surface area contributed by atoms with Crippen LogP contribution in [-0.2, 0) is 4.79 Å². The maximum Gasteiger partial charge on any atom is 0.254 e. The van der Waals surface area contributed by atoms with Crippen molar-refractivity contribution in [2.75, 3.05) is 58.2 Å². The fraction of sp³-hybridized carbons (Fsp3) is 0.364. The van der Waals surface area contributed by atoms with Gasteiger partial charge in [-0.15, -0.1) is 0 Å². The molecule has 0 unspecified atom stereocenters. The number of piperazine rings is 1. The van der Waals surface area contributed by atoms with E-state index >= 15 is 4.39 Å². The van der Waals surface area contributed by atoms with Crippen molar-refractivity contribution < 1.29 is 28.2 Å². The van der Waals surface area contributed by atoms with Gasteiger partial charge in [0, 0.05) is 75.2 Å². The van der Waals surface area contributed by atoms with Crippen LogP contribution in [0.3, 0.4) is 0 Å². The van der Waals surface area contributed by atoms with Gasteiger partial charge in [0.2, 0.25) is 11.7 Å². The van der Waals surface area contributed by atoms with Crippen LogP contribution in [0.2, 0.25) is 0 Å². The first-order chi connectivity index (χ1) is 22.8. The molecule has 2 saturated heterocycles.